The number of carboxylic acids is 1. The molecule has 1 unspecified atom stereocenters. The fraction of sp³-hybridized carbons (Fsp3) is 0.357. The van der Waals surface area contributed by atoms with Crippen molar-refractivity contribution in [3.63, 3.8) is 0 Å². The Balaban J connectivity index is 1.70. The first-order valence-corrected chi connectivity index (χ1v) is 8.84. The zero-order valence-electron chi connectivity index (χ0n) is 11.5. The van der Waals surface area contributed by atoms with Crippen molar-refractivity contribution in [1.82, 2.24) is 9.88 Å². The molecule has 3 rings (SSSR count). The molecule has 5 nitrogen and oxygen atoms in total. The molecule has 1 aliphatic heterocycles. The standard InChI is InChI=1S/C14H13ClN2O3S2/c15-11-4-3-10(22-11)13-16-8(7-21-13)6-12(18)17-5-1-2-9(17)14(19)20/h3-4,7,9H,1-2,5-6H2,(H,19,20). The van der Waals surface area contributed by atoms with E-state index >= 15 is 0 Å². The van der Waals surface area contributed by atoms with Crippen molar-refractivity contribution in [3.8, 4) is 9.88 Å². The van der Waals surface area contributed by atoms with E-state index in [1.54, 1.807) is 0 Å². The topological polar surface area (TPSA) is 70.5 Å². The van der Waals surface area contributed by atoms with Crippen molar-refractivity contribution in [1.29, 1.82) is 0 Å². The molecule has 1 fully saturated rings. The molecule has 1 aliphatic rings. The second-order valence-corrected chi connectivity index (χ2v) is 7.58. The third-order valence-electron chi connectivity index (χ3n) is 3.53. The molecule has 22 heavy (non-hydrogen) atoms. The summed E-state index contributed by atoms with van der Waals surface area (Å²) in [5.41, 5.74) is 0.672. The van der Waals surface area contributed by atoms with E-state index in [4.69, 9.17) is 16.7 Å². The smallest absolute Gasteiger partial charge is 0.326 e. The number of carbonyl (C=O) groups is 2. The number of hydrogen-bond acceptors (Lipinski definition) is 5. The third kappa shape index (κ3) is 3.16. The first kappa shape index (κ1) is 15.5. The van der Waals surface area contributed by atoms with Crippen LogP contribution in [0.4, 0.5) is 0 Å². The molecule has 1 saturated heterocycles. The van der Waals surface area contributed by atoms with Gasteiger partial charge in [0.1, 0.15) is 11.0 Å². The summed E-state index contributed by atoms with van der Waals surface area (Å²) in [5, 5.41) is 11.8. The van der Waals surface area contributed by atoms with Crippen LogP contribution in [0, 0.1) is 0 Å². The first-order valence-electron chi connectivity index (χ1n) is 6.77. The minimum atomic E-state index is -0.932. The van der Waals surface area contributed by atoms with Crippen molar-refractivity contribution in [3.05, 3.63) is 27.5 Å². The van der Waals surface area contributed by atoms with Gasteiger partial charge in [-0.15, -0.1) is 22.7 Å². The normalized spacial score (nSPS) is 17.9. The number of aliphatic carboxylic acids is 1. The fourth-order valence-corrected chi connectivity index (χ4v) is 4.44. The molecule has 0 saturated carbocycles. The van der Waals surface area contributed by atoms with Crippen LogP contribution in [0.3, 0.4) is 0 Å². The van der Waals surface area contributed by atoms with Crippen molar-refractivity contribution < 1.29 is 14.7 Å². The number of rotatable bonds is 4. The Bertz CT molecular complexity index is 713. The average molecular weight is 357 g/mol. The average Bonchev–Trinajstić information content (AvgIpc) is 3.16. The summed E-state index contributed by atoms with van der Waals surface area (Å²) < 4.78 is 0.698. The van der Waals surface area contributed by atoms with Crippen LogP contribution in [0.15, 0.2) is 17.5 Å². The molecule has 0 bridgehead atoms. The maximum Gasteiger partial charge on any atom is 0.326 e. The number of likely N-dealkylation sites (tertiary alicyclic amines) is 1. The van der Waals surface area contributed by atoms with Gasteiger partial charge in [0.2, 0.25) is 5.91 Å². The van der Waals surface area contributed by atoms with Crippen molar-refractivity contribution in [2.75, 3.05) is 6.54 Å². The largest absolute Gasteiger partial charge is 0.480 e. The predicted octanol–water partition coefficient (Wildman–Crippen LogP) is 3.14. The number of carboxylic acid groups (broad SMARTS) is 1. The Morgan fingerprint density at radius 3 is 2.95 bits per heavy atom. The Labute approximate surface area is 140 Å². The number of thiophene rings is 1. The van der Waals surface area contributed by atoms with E-state index in [0.29, 0.717) is 23.0 Å². The van der Waals surface area contributed by atoms with Gasteiger partial charge >= 0.3 is 5.97 Å². The monoisotopic (exact) mass is 356 g/mol. The predicted molar refractivity (Wildman–Crippen MR) is 86.5 cm³/mol. The van der Waals surface area contributed by atoms with Gasteiger partial charge < -0.3 is 10.0 Å². The lowest BCUT2D eigenvalue weighted by molar-refractivity contribution is -0.148. The van der Waals surface area contributed by atoms with E-state index in [0.717, 1.165) is 16.3 Å². The van der Waals surface area contributed by atoms with Crippen LogP contribution < -0.4 is 0 Å². The molecular formula is C14H13ClN2O3S2. The Hall–Kier alpha value is -1.44. The van der Waals surface area contributed by atoms with Gasteiger partial charge in [0, 0.05) is 11.9 Å². The van der Waals surface area contributed by atoms with E-state index in [-0.39, 0.29) is 12.3 Å². The van der Waals surface area contributed by atoms with Crippen molar-refractivity contribution >= 4 is 46.2 Å². The Morgan fingerprint density at radius 2 is 2.27 bits per heavy atom. The van der Waals surface area contributed by atoms with Crippen LogP contribution in [-0.2, 0) is 16.0 Å². The molecule has 1 N–H and O–H groups in total. The molecular weight excluding hydrogens is 344 g/mol. The summed E-state index contributed by atoms with van der Waals surface area (Å²) in [6, 6.07) is 3.02. The third-order valence-corrected chi connectivity index (χ3v) is 5.82. The van der Waals surface area contributed by atoms with Crippen LogP contribution in [-0.4, -0.2) is 39.5 Å². The summed E-state index contributed by atoms with van der Waals surface area (Å²) in [6.07, 6.45) is 1.40. The molecule has 2 aromatic rings. The van der Waals surface area contributed by atoms with Gasteiger partial charge in [-0.3, -0.25) is 4.79 Å². The van der Waals surface area contributed by atoms with E-state index in [2.05, 4.69) is 4.98 Å². The fourth-order valence-electron chi connectivity index (χ4n) is 2.51. The van der Waals surface area contributed by atoms with Gasteiger partial charge in [0.15, 0.2) is 0 Å². The van der Waals surface area contributed by atoms with Gasteiger partial charge in [-0.2, -0.15) is 0 Å². The SMILES string of the molecule is O=C(O)C1CCCN1C(=O)Cc1csc(-c2ccc(Cl)s2)n1. The molecule has 0 spiro atoms. The maximum atomic E-state index is 12.3. The number of hydrogen-bond donors (Lipinski definition) is 1. The number of aromatic nitrogens is 1. The van der Waals surface area contributed by atoms with Crippen molar-refractivity contribution in [2.45, 2.75) is 25.3 Å². The second kappa shape index (κ2) is 6.36. The first-order chi connectivity index (χ1) is 10.5. The van der Waals surface area contributed by atoms with Gasteiger partial charge in [0.05, 0.1) is 21.3 Å². The number of amides is 1. The summed E-state index contributed by atoms with van der Waals surface area (Å²) in [7, 11) is 0. The van der Waals surface area contributed by atoms with Gasteiger partial charge in [-0.05, 0) is 25.0 Å². The van der Waals surface area contributed by atoms with Crippen LogP contribution in [0.25, 0.3) is 9.88 Å². The maximum absolute atomic E-state index is 12.3. The molecule has 0 aromatic carbocycles. The van der Waals surface area contributed by atoms with E-state index in [1.807, 2.05) is 17.5 Å². The molecule has 8 heteroatoms. The highest BCUT2D eigenvalue weighted by atomic mass is 35.5. The molecule has 2 aromatic heterocycles. The summed E-state index contributed by atoms with van der Waals surface area (Å²) >= 11 is 8.82. The second-order valence-electron chi connectivity index (χ2n) is 5.01. The summed E-state index contributed by atoms with van der Waals surface area (Å²) in [6.45, 7) is 0.507. The Kier molecular flexibility index (Phi) is 4.46. The number of halogens is 1. The lowest BCUT2D eigenvalue weighted by Crippen LogP contribution is -2.41. The highest BCUT2D eigenvalue weighted by molar-refractivity contribution is 7.23. The van der Waals surface area contributed by atoms with Crippen LogP contribution >= 0.6 is 34.3 Å². The van der Waals surface area contributed by atoms with Crippen LogP contribution in [0.1, 0.15) is 18.5 Å². The minimum absolute atomic E-state index is 0.138. The summed E-state index contributed by atoms with van der Waals surface area (Å²) in [4.78, 5) is 30.3. The molecule has 3 heterocycles. The highest BCUT2D eigenvalue weighted by Crippen LogP contribution is 2.33. The van der Waals surface area contributed by atoms with E-state index < -0.39 is 12.0 Å². The Morgan fingerprint density at radius 1 is 1.45 bits per heavy atom. The molecule has 0 aliphatic carbocycles. The van der Waals surface area contributed by atoms with Crippen molar-refractivity contribution in [2.24, 2.45) is 0 Å². The molecule has 1 atom stereocenters. The van der Waals surface area contributed by atoms with Gasteiger partial charge in [-0.1, -0.05) is 11.6 Å². The quantitative estimate of drug-likeness (QED) is 0.913. The minimum Gasteiger partial charge on any atom is -0.480 e. The summed E-state index contributed by atoms with van der Waals surface area (Å²) in [5.74, 6) is -1.11. The van der Waals surface area contributed by atoms with Crippen LogP contribution in [0.5, 0.6) is 0 Å². The molecule has 0 radical (unpaired) electrons. The molecule has 116 valence electrons. The van der Waals surface area contributed by atoms with E-state index in [9.17, 15) is 9.59 Å². The zero-order chi connectivity index (χ0) is 15.7. The van der Waals surface area contributed by atoms with Gasteiger partial charge in [-0.25, -0.2) is 9.78 Å². The number of carbonyl (C=O) groups excluding carboxylic acids is 1. The lowest BCUT2D eigenvalue weighted by atomic mass is 10.2. The molecule has 1 amide bonds. The van der Waals surface area contributed by atoms with Crippen LogP contribution in [0.2, 0.25) is 4.34 Å². The lowest BCUT2D eigenvalue weighted by Gasteiger charge is -2.20. The number of thiazole rings is 1. The van der Waals surface area contributed by atoms with Gasteiger partial charge in [0.25, 0.3) is 0 Å². The highest BCUT2D eigenvalue weighted by Gasteiger charge is 2.33. The zero-order valence-corrected chi connectivity index (χ0v) is 13.9. The van der Waals surface area contributed by atoms with E-state index in [1.165, 1.54) is 27.6 Å². The number of nitrogens with zero attached hydrogens (tertiary/aromatic N) is 2.